The van der Waals surface area contributed by atoms with Crippen LogP contribution in [0.3, 0.4) is 0 Å². The molecule has 0 unspecified atom stereocenters. The summed E-state index contributed by atoms with van der Waals surface area (Å²) in [5.74, 6) is 1.63. The van der Waals surface area contributed by atoms with Crippen molar-refractivity contribution in [1.82, 2.24) is 14.8 Å². The molecule has 0 aliphatic rings. The van der Waals surface area contributed by atoms with E-state index in [0.29, 0.717) is 28.6 Å². The zero-order valence-electron chi connectivity index (χ0n) is 12.1. The molecule has 0 fully saturated rings. The van der Waals surface area contributed by atoms with E-state index in [1.807, 2.05) is 22.8 Å². The molecule has 0 radical (unpaired) electrons. The minimum absolute atomic E-state index is 0.239. The van der Waals surface area contributed by atoms with E-state index in [-0.39, 0.29) is 5.82 Å². The Kier molecular flexibility index (Phi) is 4.97. The van der Waals surface area contributed by atoms with Crippen molar-refractivity contribution in [1.29, 1.82) is 0 Å². The third-order valence-corrected chi connectivity index (χ3v) is 4.54. The third kappa shape index (κ3) is 3.73. The lowest BCUT2D eigenvalue weighted by atomic mass is 10.2. The van der Waals surface area contributed by atoms with Gasteiger partial charge in [0.1, 0.15) is 5.82 Å². The Morgan fingerprint density at radius 1 is 1.30 bits per heavy atom. The van der Waals surface area contributed by atoms with Crippen molar-refractivity contribution < 1.29 is 8.81 Å². The molecular weight excluding hydrogens is 381 g/mol. The van der Waals surface area contributed by atoms with Gasteiger partial charge in [-0.25, -0.2) is 4.39 Å². The van der Waals surface area contributed by atoms with Crippen LogP contribution in [0.1, 0.15) is 5.56 Å². The number of hydrogen-bond acceptors (Lipinski definition) is 4. The number of allylic oxidation sites excluding steroid dienone is 1. The molecule has 0 N–H and O–H groups in total. The highest BCUT2D eigenvalue weighted by Gasteiger charge is 2.16. The zero-order chi connectivity index (χ0) is 16.2. The fourth-order valence-electron chi connectivity index (χ4n) is 2.08. The molecule has 0 aliphatic carbocycles. The predicted molar refractivity (Wildman–Crippen MR) is 91.6 cm³/mol. The van der Waals surface area contributed by atoms with Crippen molar-refractivity contribution in [3.63, 3.8) is 0 Å². The number of hydrogen-bond donors (Lipinski definition) is 0. The monoisotopic (exact) mass is 393 g/mol. The lowest BCUT2D eigenvalue weighted by Crippen LogP contribution is -2.00. The molecule has 0 atom stereocenters. The highest BCUT2D eigenvalue weighted by atomic mass is 79.9. The average Bonchev–Trinajstić information content (AvgIpc) is 3.12. The minimum atomic E-state index is -0.239. The van der Waals surface area contributed by atoms with Gasteiger partial charge in [0.2, 0.25) is 5.82 Å². The molecule has 0 amide bonds. The molecule has 1 aromatic carbocycles. The molecule has 0 saturated heterocycles. The summed E-state index contributed by atoms with van der Waals surface area (Å²) in [6.07, 6.45) is 1.77. The van der Waals surface area contributed by atoms with Gasteiger partial charge in [0.25, 0.3) is 0 Å². The van der Waals surface area contributed by atoms with Crippen molar-refractivity contribution in [3.05, 3.63) is 65.1 Å². The van der Waals surface area contributed by atoms with Crippen LogP contribution in [0.5, 0.6) is 0 Å². The number of nitrogens with zero attached hydrogens (tertiary/aromatic N) is 3. The fraction of sp³-hybridized carbons (Fsp3) is 0.125. The second kappa shape index (κ2) is 7.14. The molecule has 4 nitrogen and oxygen atoms in total. The molecule has 2 aromatic heterocycles. The quantitative estimate of drug-likeness (QED) is 0.440. The molecule has 0 bridgehead atoms. The lowest BCUT2D eigenvalue weighted by Gasteiger charge is -2.06. The van der Waals surface area contributed by atoms with Crippen LogP contribution < -0.4 is 0 Å². The minimum Gasteiger partial charge on any atom is -0.446 e. The fourth-order valence-corrected chi connectivity index (χ4v) is 3.28. The van der Waals surface area contributed by atoms with Crippen LogP contribution in [0, 0.1) is 5.82 Å². The van der Waals surface area contributed by atoms with Crippen molar-refractivity contribution in [2.24, 2.45) is 0 Å². The van der Waals surface area contributed by atoms with Gasteiger partial charge in [-0.15, -0.1) is 16.8 Å². The van der Waals surface area contributed by atoms with Crippen molar-refractivity contribution in [3.8, 4) is 11.6 Å². The Hall–Kier alpha value is -1.86. The highest BCUT2D eigenvalue weighted by Crippen LogP contribution is 2.28. The maximum Gasteiger partial charge on any atom is 0.200 e. The van der Waals surface area contributed by atoms with E-state index >= 15 is 0 Å². The Balaban J connectivity index is 1.84. The van der Waals surface area contributed by atoms with E-state index in [1.165, 1.54) is 23.9 Å². The SMILES string of the molecule is C=CCn1c(SCc2cccc(F)c2)nnc1-c1ccc(Br)o1. The Bertz CT molecular complexity index is 830. The summed E-state index contributed by atoms with van der Waals surface area (Å²) in [6.45, 7) is 4.33. The van der Waals surface area contributed by atoms with E-state index < -0.39 is 0 Å². The van der Waals surface area contributed by atoms with E-state index in [4.69, 9.17) is 4.42 Å². The molecule has 3 rings (SSSR count). The number of halogens is 2. The van der Waals surface area contributed by atoms with Gasteiger partial charge < -0.3 is 4.42 Å². The van der Waals surface area contributed by atoms with Gasteiger partial charge in [-0.3, -0.25) is 4.57 Å². The first-order chi connectivity index (χ1) is 11.2. The van der Waals surface area contributed by atoms with E-state index in [2.05, 4.69) is 32.7 Å². The molecular formula is C16H13BrFN3OS. The molecule has 7 heteroatoms. The smallest absolute Gasteiger partial charge is 0.200 e. The molecule has 0 aliphatic heterocycles. The Morgan fingerprint density at radius 3 is 2.87 bits per heavy atom. The molecule has 0 saturated carbocycles. The van der Waals surface area contributed by atoms with Gasteiger partial charge >= 0.3 is 0 Å². The first-order valence-electron chi connectivity index (χ1n) is 6.84. The summed E-state index contributed by atoms with van der Waals surface area (Å²) < 4.78 is 21.3. The molecule has 118 valence electrons. The normalized spacial score (nSPS) is 10.9. The van der Waals surface area contributed by atoms with Gasteiger partial charge in [-0.2, -0.15) is 0 Å². The van der Waals surface area contributed by atoms with Crippen LogP contribution in [-0.2, 0) is 12.3 Å². The number of benzene rings is 1. The number of thioether (sulfide) groups is 1. The zero-order valence-corrected chi connectivity index (χ0v) is 14.5. The lowest BCUT2D eigenvalue weighted by molar-refractivity contribution is 0.545. The first-order valence-corrected chi connectivity index (χ1v) is 8.62. The van der Waals surface area contributed by atoms with Crippen LogP contribution in [0.25, 0.3) is 11.6 Å². The van der Waals surface area contributed by atoms with Gasteiger partial charge in [-0.1, -0.05) is 30.0 Å². The average molecular weight is 394 g/mol. The second-order valence-corrected chi connectivity index (χ2v) is 6.45. The first kappa shape index (κ1) is 16.0. The standard InChI is InChI=1S/C16H13BrFN3OS/c1-2-8-21-15(13-6-7-14(17)22-13)19-20-16(21)23-10-11-4-3-5-12(18)9-11/h2-7,9H,1,8,10H2. The van der Waals surface area contributed by atoms with Crippen LogP contribution >= 0.6 is 27.7 Å². The topological polar surface area (TPSA) is 43.9 Å². The largest absolute Gasteiger partial charge is 0.446 e. The van der Waals surface area contributed by atoms with E-state index in [1.54, 1.807) is 12.1 Å². The molecule has 0 spiro atoms. The highest BCUT2D eigenvalue weighted by molar-refractivity contribution is 9.10. The summed E-state index contributed by atoms with van der Waals surface area (Å²) in [5, 5.41) is 9.15. The van der Waals surface area contributed by atoms with Gasteiger partial charge in [0.05, 0.1) is 0 Å². The Morgan fingerprint density at radius 2 is 2.17 bits per heavy atom. The van der Waals surface area contributed by atoms with Gasteiger partial charge in [0.15, 0.2) is 15.6 Å². The Labute approximate surface area is 145 Å². The maximum absolute atomic E-state index is 13.2. The number of aromatic nitrogens is 3. The molecule has 23 heavy (non-hydrogen) atoms. The summed E-state index contributed by atoms with van der Waals surface area (Å²) in [7, 11) is 0. The second-order valence-electron chi connectivity index (χ2n) is 4.73. The van der Waals surface area contributed by atoms with Crippen LogP contribution in [-0.4, -0.2) is 14.8 Å². The van der Waals surface area contributed by atoms with Crippen LogP contribution in [0.4, 0.5) is 4.39 Å². The molecule has 2 heterocycles. The predicted octanol–water partition coefficient (Wildman–Crippen LogP) is 4.92. The number of rotatable bonds is 6. The summed E-state index contributed by atoms with van der Waals surface area (Å²) in [4.78, 5) is 0. The van der Waals surface area contributed by atoms with E-state index in [9.17, 15) is 4.39 Å². The molecule has 3 aromatic rings. The van der Waals surface area contributed by atoms with Crippen molar-refractivity contribution in [2.45, 2.75) is 17.5 Å². The van der Waals surface area contributed by atoms with Crippen LogP contribution in [0.15, 0.2) is 63.3 Å². The van der Waals surface area contributed by atoms with Gasteiger partial charge in [0, 0.05) is 12.3 Å². The summed E-state index contributed by atoms with van der Waals surface area (Å²) >= 11 is 4.78. The summed E-state index contributed by atoms with van der Waals surface area (Å²) in [6, 6.07) is 10.2. The maximum atomic E-state index is 13.2. The van der Waals surface area contributed by atoms with Crippen LogP contribution in [0.2, 0.25) is 0 Å². The summed E-state index contributed by atoms with van der Waals surface area (Å²) in [5.41, 5.74) is 0.894. The van der Waals surface area contributed by atoms with E-state index in [0.717, 1.165) is 10.7 Å². The van der Waals surface area contributed by atoms with Crippen molar-refractivity contribution >= 4 is 27.7 Å². The number of furan rings is 1. The van der Waals surface area contributed by atoms with Gasteiger partial charge in [-0.05, 0) is 45.8 Å². The van der Waals surface area contributed by atoms with Crippen molar-refractivity contribution in [2.75, 3.05) is 0 Å². The third-order valence-electron chi connectivity index (χ3n) is 3.08.